The van der Waals surface area contributed by atoms with E-state index in [0.29, 0.717) is 17.4 Å². The summed E-state index contributed by atoms with van der Waals surface area (Å²) in [6, 6.07) is 0. The molecule has 1 aliphatic rings. The summed E-state index contributed by atoms with van der Waals surface area (Å²) in [5.41, 5.74) is 0.622. The molecule has 1 fully saturated rings. The van der Waals surface area contributed by atoms with Gasteiger partial charge in [0.1, 0.15) is 5.69 Å². The molecule has 0 spiro atoms. The first-order valence-corrected chi connectivity index (χ1v) is 4.51. The minimum absolute atomic E-state index is 0.0110. The molecule has 2 rings (SSSR count). The summed E-state index contributed by atoms with van der Waals surface area (Å²) in [5, 5.41) is 12.5. The summed E-state index contributed by atoms with van der Waals surface area (Å²) >= 11 is 0. The van der Waals surface area contributed by atoms with Crippen LogP contribution in [0.3, 0.4) is 0 Å². The third-order valence-corrected chi connectivity index (χ3v) is 2.29. The second-order valence-corrected chi connectivity index (χ2v) is 3.72. The molecule has 0 bridgehead atoms. The third-order valence-electron chi connectivity index (χ3n) is 2.29. The van der Waals surface area contributed by atoms with Crippen molar-refractivity contribution in [3.8, 4) is 0 Å². The Bertz CT molecular complexity index is 366. The number of carbonyl (C=O) groups is 1. The zero-order valence-electron chi connectivity index (χ0n) is 8.15. The Balaban J connectivity index is 2.46. The topological polar surface area (TPSA) is 66.6 Å². The maximum absolute atomic E-state index is 10.8. The van der Waals surface area contributed by atoms with Gasteiger partial charge in [0.15, 0.2) is 5.76 Å². The Morgan fingerprint density at radius 1 is 1.57 bits per heavy atom. The molecule has 76 valence electrons. The lowest BCUT2D eigenvalue weighted by molar-refractivity contribution is 0.0686. The average molecular weight is 196 g/mol. The molecule has 1 aromatic heterocycles. The van der Waals surface area contributed by atoms with E-state index >= 15 is 0 Å². The van der Waals surface area contributed by atoms with Crippen molar-refractivity contribution >= 4 is 11.7 Å². The Labute approximate surface area is 81.3 Å². The summed E-state index contributed by atoms with van der Waals surface area (Å²) in [5.74, 6) is 0.0461. The van der Waals surface area contributed by atoms with E-state index in [1.54, 1.807) is 19.0 Å². The van der Waals surface area contributed by atoms with Gasteiger partial charge in [0, 0.05) is 20.0 Å². The number of rotatable bonds is 3. The van der Waals surface area contributed by atoms with Gasteiger partial charge in [-0.25, -0.2) is 4.79 Å². The van der Waals surface area contributed by atoms with Crippen molar-refractivity contribution in [1.82, 2.24) is 5.16 Å². The number of hydrogen-bond acceptors (Lipinski definition) is 4. The van der Waals surface area contributed by atoms with Gasteiger partial charge in [-0.05, 0) is 12.8 Å². The summed E-state index contributed by atoms with van der Waals surface area (Å²) in [6.07, 6.45) is 2.13. The Morgan fingerprint density at radius 2 is 2.21 bits per heavy atom. The number of anilines is 1. The lowest BCUT2D eigenvalue weighted by Gasteiger charge is -2.11. The van der Waals surface area contributed by atoms with Gasteiger partial charge in [0.2, 0.25) is 5.69 Å². The van der Waals surface area contributed by atoms with Crippen molar-refractivity contribution in [2.24, 2.45) is 0 Å². The van der Waals surface area contributed by atoms with Gasteiger partial charge in [-0.15, -0.1) is 0 Å². The quantitative estimate of drug-likeness (QED) is 0.789. The van der Waals surface area contributed by atoms with Crippen molar-refractivity contribution in [2.45, 2.75) is 18.8 Å². The molecule has 0 saturated heterocycles. The third kappa shape index (κ3) is 1.34. The van der Waals surface area contributed by atoms with Crippen LogP contribution in [0.4, 0.5) is 5.69 Å². The van der Waals surface area contributed by atoms with Gasteiger partial charge in [-0.3, -0.25) is 0 Å². The minimum Gasteiger partial charge on any atom is -0.476 e. The molecule has 1 aromatic rings. The molecule has 1 aliphatic carbocycles. The molecule has 1 saturated carbocycles. The SMILES string of the molecule is CN(C)c1c(C(=O)O)noc1C1CC1. The first-order chi connectivity index (χ1) is 6.61. The smallest absolute Gasteiger partial charge is 0.360 e. The van der Waals surface area contributed by atoms with Crippen molar-refractivity contribution < 1.29 is 14.4 Å². The number of hydrogen-bond donors (Lipinski definition) is 1. The molecular formula is C9H12N2O3. The fourth-order valence-corrected chi connectivity index (χ4v) is 1.48. The monoisotopic (exact) mass is 196 g/mol. The van der Waals surface area contributed by atoms with Crippen LogP contribution in [-0.4, -0.2) is 30.3 Å². The molecular weight excluding hydrogens is 184 g/mol. The molecule has 0 atom stereocenters. The van der Waals surface area contributed by atoms with Crippen molar-refractivity contribution in [1.29, 1.82) is 0 Å². The molecule has 14 heavy (non-hydrogen) atoms. The maximum atomic E-state index is 10.8. The summed E-state index contributed by atoms with van der Waals surface area (Å²) in [4.78, 5) is 12.6. The van der Waals surface area contributed by atoms with E-state index in [2.05, 4.69) is 5.16 Å². The Kier molecular flexibility index (Phi) is 1.94. The van der Waals surface area contributed by atoms with E-state index < -0.39 is 5.97 Å². The molecule has 0 aromatic carbocycles. The Hall–Kier alpha value is -1.52. The first kappa shape index (κ1) is 9.05. The largest absolute Gasteiger partial charge is 0.476 e. The van der Waals surface area contributed by atoms with Gasteiger partial charge in [0.05, 0.1) is 0 Å². The van der Waals surface area contributed by atoms with E-state index in [1.165, 1.54) is 0 Å². The molecule has 1 N–H and O–H groups in total. The zero-order chi connectivity index (χ0) is 10.3. The highest BCUT2D eigenvalue weighted by molar-refractivity contribution is 5.92. The molecule has 0 radical (unpaired) electrons. The van der Waals surface area contributed by atoms with Crippen molar-refractivity contribution in [3.05, 3.63) is 11.5 Å². The molecule has 0 aliphatic heterocycles. The molecule has 5 heteroatoms. The van der Waals surface area contributed by atoms with Crippen LogP contribution in [0.2, 0.25) is 0 Å². The average Bonchev–Trinajstić information content (AvgIpc) is 2.83. The van der Waals surface area contributed by atoms with Crippen LogP contribution >= 0.6 is 0 Å². The van der Waals surface area contributed by atoms with Crippen LogP contribution in [0.25, 0.3) is 0 Å². The van der Waals surface area contributed by atoms with Gasteiger partial charge < -0.3 is 14.5 Å². The highest BCUT2D eigenvalue weighted by Crippen LogP contribution is 2.45. The van der Waals surface area contributed by atoms with Gasteiger partial charge in [-0.1, -0.05) is 5.16 Å². The number of carboxylic acids is 1. The van der Waals surface area contributed by atoms with Crippen LogP contribution in [0, 0.1) is 0 Å². The van der Waals surface area contributed by atoms with E-state index in [0.717, 1.165) is 12.8 Å². The first-order valence-electron chi connectivity index (χ1n) is 4.51. The van der Waals surface area contributed by atoms with E-state index in [-0.39, 0.29) is 5.69 Å². The fourth-order valence-electron chi connectivity index (χ4n) is 1.48. The number of nitrogens with zero attached hydrogens (tertiary/aromatic N) is 2. The highest BCUT2D eigenvalue weighted by atomic mass is 16.5. The van der Waals surface area contributed by atoms with Gasteiger partial charge in [0.25, 0.3) is 0 Å². The second-order valence-electron chi connectivity index (χ2n) is 3.72. The van der Waals surface area contributed by atoms with E-state index in [1.807, 2.05) is 0 Å². The molecule has 0 unspecified atom stereocenters. The molecule has 5 nitrogen and oxygen atoms in total. The lowest BCUT2D eigenvalue weighted by atomic mass is 10.2. The zero-order valence-corrected chi connectivity index (χ0v) is 8.15. The maximum Gasteiger partial charge on any atom is 0.360 e. The predicted molar refractivity (Wildman–Crippen MR) is 49.8 cm³/mol. The van der Waals surface area contributed by atoms with Crippen molar-refractivity contribution in [2.75, 3.05) is 19.0 Å². The normalized spacial score (nSPS) is 15.6. The highest BCUT2D eigenvalue weighted by Gasteiger charge is 2.34. The Morgan fingerprint density at radius 3 is 2.64 bits per heavy atom. The van der Waals surface area contributed by atoms with Gasteiger partial charge in [-0.2, -0.15) is 0 Å². The van der Waals surface area contributed by atoms with Crippen LogP contribution in [0.15, 0.2) is 4.52 Å². The van der Waals surface area contributed by atoms with Crippen molar-refractivity contribution in [3.63, 3.8) is 0 Å². The summed E-state index contributed by atoms with van der Waals surface area (Å²) < 4.78 is 5.07. The minimum atomic E-state index is -1.04. The van der Waals surface area contributed by atoms with Gasteiger partial charge >= 0.3 is 5.97 Å². The van der Waals surface area contributed by atoms with E-state index in [4.69, 9.17) is 9.63 Å². The fraction of sp³-hybridized carbons (Fsp3) is 0.556. The van der Waals surface area contributed by atoms with Crippen LogP contribution in [-0.2, 0) is 0 Å². The van der Waals surface area contributed by atoms with E-state index in [9.17, 15) is 4.79 Å². The van der Waals surface area contributed by atoms with Crippen LogP contribution < -0.4 is 4.90 Å². The summed E-state index contributed by atoms with van der Waals surface area (Å²) in [6.45, 7) is 0. The number of aromatic carboxylic acids is 1. The summed E-state index contributed by atoms with van der Waals surface area (Å²) in [7, 11) is 3.59. The second kappa shape index (κ2) is 3.01. The van der Waals surface area contributed by atoms with Crippen LogP contribution in [0.5, 0.6) is 0 Å². The molecule has 1 heterocycles. The standard InChI is InChI=1S/C9H12N2O3/c1-11(2)7-6(9(12)13)10-14-8(7)5-3-4-5/h5H,3-4H2,1-2H3,(H,12,13). The number of carboxylic acid groups (broad SMARTS) is 1. The lowest BCUT2D eigenvalue weighted by Crippen LogP contribution is -2.14. The molecule has 0 amide bonds. The van der Waals surface area contributed by atoms with Crippen LogP contribution in [0.1, 0.15) is 35.0 Å². The number of aromatic nitrogens is 1. The predicted octanol–water partition coefficient (Wildman–Crippen LogP) is 1.32.